The third-order valence-corrected chi connectivity index (χ3v) is 1.69. The summed E-state index contributed by atoms with van der Waals surface area (Å²) in [5, 5.41) is 0.383. The molecule has 0 spiro atoms. The Labute approximate surface area is 70.0 Å². The highest BCUT2D eigenvalue weighted by Crippen LogP contribution is 2.21. The molecule has 0 aliphatic heterocycles. The van der Waals surface area contributed by atoms with Gasteiger partial charge in [0.05, 0.1) is 17.0 Å². The van der Waals surface area contributed by atoms with Gasteiger partial charge in [0.15, 0.2) is 6.29 Å². The molecule has 0 heterocycles. The smallest absolute Gasteiger partial charge is 0.153 e. The van der Waals surface area contributed by atoms with Crippen molar-refractivity contribution in [2.45, 2.75) is 0 Å². The number of carbonyl (C=O) groups excluding carboxylic acids is 1. The Morgan fingerprint density at radius 3 is 2.70 bits per heavy atom. The van der Waals surface area contributed by atoms with Gasteiger partial charge in [0.25, 0.3) is 0 Å². The van der Waals surface area contributed by atoms with E-state index in [1.807, 2.05) is 0 Å². The minimum Gasteiger partial charge on any atom is -0.298 e. The van der Waals surface area contributed by atoms with Gasteiger partial charge >= 0.3 is 0 Å². The fourth-order valence-corrected chi connectivity index (χ4v) is 1.03. The topological polar surface area (TPSA) is 17.1 Å². The second-order valence-corrected chi connectivity index (χ2v) is 2.46. The lowest BCUT2D eigenvalue weighted by molar-refractivity contribution is 0.112. The van der Waals surface area contributed by atoms with Crippen molar-refractivity contribution in [2.24, 2.45) is 0 Å². The summed E-state index contributed by atoms with van der Waals surface area (Å²) in [6.45, 7) is 0. The number of rotatable bonds is 1. The zero-order chi connectivity index (χ0) is 8.43. The predicted octanol–water partition coefficient (Wildman–Crippen LogP) is 2.81. The van der Waals surface area contributed by atoms with E-state index in [9.17, 15) is 4.79 Å². The van der Waals surface area contributed by atoms with E-state index < -0.39 is 0 Å². The lowest BCUT2D eigenvalue weighted by Gasteiger charge is -1.95. The number of hydrogen-bond acceptors (Lipinski definition) is 1. The molecule has 3 heteroatoms. The van der Waals surface area contributed by atoms with Crippen LogP contribution in [-0.4, -0.2) is 6.29 Å². The molecule has 0 saturated heterocycles. The summed E-state index contributed by atoms with van der Waals surface area (Å²) in [5.74, 6) is 0. The molecule has 0 aliphatic rings. The summed E-state index contributed by atoms with van der Waals surface area (Å²) in [7, 11) is 0. The maximum absolute atomic E-state index is 10.3. The molecule has 0 bridgehead atoms. The van der Waals surface area contributed by atoms with Gasteiger partial charge in [-0.2, -0.15) is 0 Å². The van der Waals surface area contributed by atoms with E-state index >= 15 is 0 Å². The minimum atomic E-state index is 0.104. The summed E-state index contributed by atoms with van der Waals surface area (Å²) in [6, 6.07) is 3.02. The van der Waals surface area contributed by atoms with Gasteiger partial charge in [0.1, 0.15) is 0 Å². The molecule has 0 fully saturated rings. The van der Waals surface area contributed by atoms with Gasteiger partial charge in [-0.1, -0.05) is 29.3 Å². The number of halogens is 2. The Balaban J connectivity index is 3.40. The molecular weight excluding hydrogens is 171 g/mol. The van der Waals surface area contributed by atoms with Crippen molar-refractivity contribution >= 4 is 29.5 Å². The van der Waals surface area contributed by atoms with Gasteiger partial charge in [-0.25, -0.2) is 0 Å². The summed E-state index contributed by atoms with van der Waals surface area (Å²) < 4.78 is 7.21. The molecule has 0 aromatic heterocycles. The molecule has 0 unspecified atom stereocenters. The summed E-state index contributed by atoms with van der Waals surface area (Å²) in [6.07, 6.45) is 0.544. The Bertz CT molecular complexity index is 299. The third-order valence-electron chi connectivity index (χ3n) is 1.05. The molecule has 10 heavy (non-hydrogen) atoms. The molecule has 1 aromatic rings. The van der Waals surface area contributed by atoms with Crippen molar-refractivity contribution in [3.8, 4) is 0 Å². The fraction of sp³-hybridized carbons (Fsp3) is 0. The SMILES string of the molecule is [2H]c1ccc(Cl)c(C=O)c1Cl. The van der Waals surface area contributed by atoms with Gasteiger partial charge in [0, 0.05) is 0 Å². The zero-order valence-electron chi connectivity index (χ0n) is 5.90. The number of hydrogen-bond donors (Lipinski definition) is 0. The highest BCUT2D eigenvalue weighted by Gasteiger charge is 2.01. The predicted molar refractivity (Wildman–Crippen MR) is 41.8 cm³/mol. The lowest BCUT2D eigenvalue weighted by atomic mass is 10.2. The van der Waals surface area contributed by atoms with Crippen LogP contribution in [0.5, 0.6) is 0 Å². The van der Waals surface area contributed by atoms with Crippen molar-refractivity contribution in [3.05, 3.63) is 33.8 Å². The summed E-state index contributed by atoms with van der Waals surface area (Å²) in [4.78, 5) is 10.3. The van der Waals surface area contributed by atoms with Crippen molar-refractivity contribution < 1.29 is 6.17 Å². The quantitative estimate of drug-likeness (QED) is 0.601. The van der Waals surface area contributed by atoms with Crippen LogP contribution in [0.3, 0.4) is 0 Å². The van der Waals surface area contributed by atoms with E-state index in [0.717, 1.165) is 0 Å². The van der Waals surface area contributed by atoms with Crippen LogP contribution in [0.15, 0.2) is 18.2 Å². The van der Waals surface area contributed by atoms with Crippen LogP contribution in [0.4, 0.5) is 0 Å². The first kappa shape index (κ1) is 6.20. The molecule has 1 nitrogen and oxygen atoms in total. The standard InChI is InChI=1S/C7H4Cl2O/c8-6-2-1-3-7(9)5(6)4-10/h1-4H/i2D. The van der Waals surface area contributed by atoms with Crippen LogP contribution < -0.4 is 0 Å². The van der Waals surface area contributed by atoms with E-state index in [0.29, 0.717) is 6.29 Å². The average molecular weight is 176 g/mol. The Morgan fingerprint density at radius 2 is 2.20 bits per heavy atom. The minimum absolute atomic E-state index is 0.104. The molecule has 52 valence electrons. The zero-order valence-corrected chi connectivity index (χ0v) is 6.41. The van der Waals surface area contributed by atoms with E-state index in [1.54, 1.807) is 0 Å². The largest absolute Gasteiger partial charge is 0.298 e. The van der Waals surface area contributed by atoms with E-state index in [1.165, 1.54) is 12.1 Å². The van der Waals surface area contributed by atoms with Crippen LogP contribution in [-0.2, 0) is 0 Å². The highest BCUT2D eigenvalue weighted by atomic mass is 35.5. The first-order chi connectivity index (χ1) is 5.16. The van der Waals surface area contributed by atoms with E-state index in [-0.39, 0.29) is 21.7 Å². The lowest BCUT2D eigenvalue weighted by Crippen LogP contribution is -1.81. The van der Waals surface area contributed by atoms with Gasteiger partial charge in [-0.15, -0.1) is 0 Å². The third kappa shape index (κ3) is 1.31. The maximum Gasteiger partial charge on any atom is 0.153 e. The summed E-state index contributed by atoms with van der Waals surface area (Å²) in [5.41, 5.74) is 0.181. The van der Waals surface area contributed by atoms with Crippen LogP contribution in [0.25, 0.3) is 0 Å². The first-order valence-corrected chi connectivity index (χ1v) is 3.32. The van der Waals surface area contributed by atoms with Gasteiger partial charge in [-0.3, -0.25) is 4.79 Å². The molecule has 0 amide bonds. The Hall–Kier alpha value is -0.530. The Kier molecular flexibility index (Phi) is 1.88. The van der Waals surface area contributed by atoms with Gasteiger partial charge in [0.2, 0.25) is 0 Å². The van der Waals surface area contributed by atoms with E-state index in [2.05, 4.69) is 0 Å². The van der Waals surface area contributed by atoms with Crippen LogP contribution in [0.2, 0.25) is 10.0 Å². The number of benzene rings is 1. The van der Waals surface area contributed by atoms with Gasteiger partial charge in [-0.05, 0) is 12.1 Å². The number of aldehydes is 1. The second-order valence-electron chi connectivity index (χ2n) is 1.67. The first-order valence-electron chi connectivity index (χ1n) is 3.06. The number of carbonyl (C=O) groups is 1. The van der Waals surface area contributed by atoms with E-state index in [4.69, 9.17) is 24.6 Å². The molecular formula is C7H4Cl2O. The molecule has 0 radical (unpaired) electrons. The second kappa shape index (κ2) is 3.04. The van der Waals surface area contributed by atoms with Gasteiger partial charge < -0.3 is 0 Å². The highest BCUT2D eigenvalue weighted by molar-refractivity contribution is 6.38. The molecule has 1 aromatic carbocycles. The van der Waals surface area contributed by atoms with Crippen molar-refractivity contribution in [1.29, 1.82) is 0 Å². The molecule has 0 aliphatic carbocycles. The van der Waals surface area contributed by atoms with Crippen molar-refractivity contribution in [1.82, 2.24) is 0 Å². The Morgan fingerprint density at radius 1 is 1.50 bits per heavy atom. The summed E-state index contributed by atoms with van der Waals surface area (Å²) >= 11 is 11.2. The molecule has 0 saturated carbocycles. The van der Waals surface area contributed by atoms with Crippen LogP contribution >= 0.6 is 23.2 Å². The van der Waals surface area contributed by atoms with Crippen LogP contribution in [0.1, 0.15) is 11.7 Å². The molecule has 0 N–H and O–H groups in total. The average Bonchev–Trinajstić information content (AvgIpc) is 1.99. The van der Waals surface area contributed by atoms with Crippen molar-refractivity contribution in [3.63, 3.8) is 0 Å². The molecule has 1 rings (SSSR count). The van der Waals surface area contributed by atoms with Crippen molar-refractivity contribution in [2.75, 3.05) is 0 Å². The van der Waals surface area contributed by atoms with Crippen LogP contribution in [0, 0.1) is 0 Å². The monoisotopic (exact) mass is 175 g/mol. The molecule has 0 atom stereocenters. The fourth-order valence-electron chi connectivity index (χ4n) is 0.568. The maximum atomic E-state index is 10.3. The normalized spacial score (nSPS) is 10.8.